The van der Waals surface area contributed by atoms with Crippen molar-refractivity contribution in [3.05, 3.63) is 11.4 Å². The summed E-state index contributed by atoms with van der Waals surface area (Å²) < 4.78 is 11.1. The molecule has 0 aliphatic rings. The van der Waals surface area contributed by atoms with Gasteiger partial charge in [-0.2, -0.15) is 0 Å². The number of esters is 1. The van der Waals surface area contributed by atoms with Gasteiger partial charge in [0, 0.05) is 20.1 Å². The molecule has 0 spiro atoms. The van der Waals surface area contributed by atoms with E-state index in [9.17, 15) is 9.59 Å². The van der Waals surface area contributed by atoms with E-state index in [0.29, 0.717) is 25.3 Å². The van der Waals surface area contributed by atoms with E-state index < -0.39 is 12.0 Å². The standard InChI is InChI=1S/C13H22N4O4/c1-5-7-14-12(18)9(2)17-10(6-8-20-3)11(15-16-17)13(19)21-4/h9H,5-8H2,1-4H3,(H,14,18). The van der Waals surface area contributed by atoms with Crippen LogP contribution in [0.3, 0.4) is 0 Å². The topological polar surface area (TPSA) is 95.3 Å². The van der Waals surface area contributed by atoms with E-state index >= 15 is 0 Å². The van der Waals surface area contributed by atoms with Crippen LogP contribution in [0.5, 0.6) is 0 Å². The van der Waals surface area contributed by atoms with E-state index in [4.69, 9.17) is 4.74 Å². The number of hydrogen-bond donors (Lipinski definition) is 1. The number of ether oxygens (including phenoxy) is 2. The first kappa shape index (κ1) is 17.1. The molecule has 1 atom stereocenters. The maximum absolute atomic E-state index is 12.0. The molecule has 0 saturated carbocycles. The van der Waals surface area contributed by atoms with Crippen LogP contribution in [0, 0.1) is 0 Å². The van der Waals surface area contributed by atoms with E-state index in [0.717, 1.165) is 6.42 Å². The molecule has 1 rings (SSSR count). The van der Waals surface area contributed by atoms with E-state index in [2.05, 4.69) is 20.4 Å². The van der Waals surface area contributed by atoms with Crippen molar-refractivity contribution in [2.24, 2.45) is 0 Å². The largest absolute Gasteiger partial charge is 0.464 e. The summed E-state index contributed by atoms with van der Waals surface area (Å²) in [6, 6.07) is -0.561. The molecular weight excluding hydrogens is 276 g/mol. The number of nitrogens with zero attached hydrogens (tertiary/aromatic N) is 3. The third-order valence-electron chi connectivity index (χ3n) is 3.01. The van der Waals surface area contributed by atoms with Gasteiger partial charge in [-0.15, -0.1) is 5.10 Å². The quantitative estimate of drug-likeness (QED) is 0.695. The van der Waals surface area contributed by atoms with Crippen molar-refractivity contribution >= 4 is 11.9 Å². The highest BCUT2D eigenvalue weighted by atomic mass is 16.5. The van der Waals surface area contributed by atoms with Crippen molar-refractivity contribution < 1.29 is 19.1 Å². The number of amides is 1. The Hall–Kier alpha value is -1.96. The van der Waals surface area contributed by atoms with Gasteiger partial charge >= 0.3 is 5.97 Å². The van der Waals surface area contributed by atoms with Crippen LogP contribution >= 0.6 is 0 Å². The molecule has 1 amide bonds. The lowest BCUT2D eigenvalue weighted by molar-refractivity contribution is -0.124. The molecular formula is C13H22N4O4. The maximum atomic E-state index is 12.0. The molecule has 0 fully saturated rings. The minimum absolute atomic E-state index is 0.115. The Bertz CT molecular complexity index is 487. The number of carbonyl (C=O) groups excluding carboxylic acids is 2. The SMILES string of the molecule is CCCNC(=O)C(C)n1nnc(C(=O)OC)c1CCOC. The number of rotatable bonds is 8. The third-order valence-corrected chi connectivity index (χ3v) is 3.01. The highest BCUT2D eigenvalue weighted by Gasteiger charge is 2.25. The molecule has 21 heavy (non-hydrogen) atoms. The Balaban J connectivity index is 3.02. The van der Waals surface area contributed by atoms with E-state index in [1.165, 1.54) is 11.8 Å². The van der Waals surface area contributed by atoms with Crippen LogP contribution < -0.4 is 5.32 Å². The van der Waals surface area contributed by atoms with Crippen molar-refractivity contribution in [1.82, 2.24) is 20.3 Å². The molecule has 8 nitrogen and oxygen atoms in total. The maximum Gasteiger partial charge on any atom is 0.360 e. The van der Waals surface area contributed by atoms with Crippen molar-refractivity contribution in [2.45, 2.75) is 32.7 Å². The molecule has 0 aliphatic carbocycles. The molecule has 1 heterocycles. The lowest BCUT2D eigenvalue weighted by Crippen LogP contribution is -2.33. The van der Waals surface area contributed by atoms with Crippen LogP contribution in [0.15, 0.2) is 0 Å². The molecule has 0 radical (unpaired) electrons. The van der Waals surface area contributed by atoms with Crippen LogP contribution in [0.25, 0.3) is 0 Å². The zero-order valence-corrected chi connectivity index (χ0v) is 12.9. The van der Waals surface area contributed by atoms with Gasteiger partial charge in [0.2, 0.25) is 5.91 Å². The zero-order valence-electron chi connectivity index (χ0n) is 12.9. The highest BCUT2D eigenvalue weighted by Crippen LogP contribution is 2.14. The summed E-state index contributed by atoms with van der Waals surface area (Å²) in [6.45, 7) is 4.66. The summed E-state index contributed by atoms with van der Waals surface area (Å²) in [5.41, 5.74) is 0.646. The van der Waals surface area contributed by atoms with Gasteiger partial charge in [0.15, 0.2) is 5.69 Å². The second kappa shape index (κ2) is 8.35. The second-order valence-corrected chi connectivity index (χ2v) is 4.53. The van der Waals surface area contributed by atoms with Crippen molar-refractivity contribution in [3.8, 4) is 0 Å². The smallest absolute Gasteiger partial charge is 0.360 e. The molecule has 1 aromatic rings. The molecule has 0 bridgehead atoms. The zero-order chi connectivity index (χ0) is 15.8. The van der Waals surface area contributed by atoms with Crippen molar-refractivity contribution in [1.29, 1.82) is 0 Å². The molecule has 8 heteroatoms. The molecule has 1 N–H and O–H groups in total. The lowest BCUT2D eigenvalue weighted by atomic mass is 10.2. The molecule has 1 unspecified atom stereocenters. The molecule has 0 aromatic carbocycles. The van der Waals surface area contributed by atoms with Gasteiger partial charge in [-0.25, -0.2) is 9.48 Å². The predicted molar refractivity (Wildman–Crippen MR) is 75.0 cm³/mol. The predicted octanol–water partition coefficient (Wildman–Crippen LogP) is 0.341. The van der Waals surface area contributed by atoms with Crippen molar-refractivity contribution in [3.63, 3.8) is 0 Å². The summed E-state index contributed by atoms with van der Waals surface area (Å²) in [7, 11) is 2.84. The van der Waals surface area contributed by atoms with Crippen LogP contribution in [-0.4, -0.2) is 54.2 Å². The summed E-state index contributed by atoms with van der Waals surface area (Å²) in [4.78, 5) is 23.7. The first-order chi connectivity index (χ1) is 10.1. The number of hydrogen-bond acceptors (Lipinski definition) is 6. The van der Waals surface area contributed by atoms with Gasteiger partial charge in [-0.3, -0.25) is 4.79 Å². The van der Waals surface area contributed by atoms with Gasteiger partial charge in [-0.05, 0) is 13.3 Å². The fourth-order valence-electron chi connectivity index (χ4n) is 1.82. The number of aromatic nitrogens is 3. The number of carbonyl (C=O) groups is 2. The normalized spacial score (nSPS) is 12.0. The van der Waals surface area contributed by atoms with Gasteiger partial charge in [0.25, 0.3) is 0 Å². The minimum Gasteiger partial charge on any atom is -0.464 e. The Morgan fingerprint density at radius 3 is 2.67 bits per heavy atom. The fraction of sp³-hybridized carbons (Fsp3) is 0.692. The van der Waals surface area contributed by atoms with E-state index in [1.807, 2.05) is 6.92 Å². The Kier molecular flexibility index (Phi) is 6.80. The van der Waals surface area contributed by atoms with Crippen LogP contribution in [0.4, 0.5) is 0 Å². The van der Waals surface area contributed by atoms with Crippen molar-refractivity contribution in [2.75, 3.05) is 27.4 Å². The highest BCUT2D eigenvalue weighted by molar-refractivity contribution is 5.88. The van der Waals surface area contributed by atoms with Gasteiger partial charge in [-0.1, -0.05) is 12.1 Å². The summed E-state index contributed by atoms with van der Waals surface area (Å²) in [5.74, 6) is -0.745. The Labute approximate surface area is 123 Å². The first-order valence-corrected chi connectivity index (χ1v) is 6.85. The van der Waals surface area contributed by atoms with Crippen LogP contribution in [0.2, 0.25) is 0 Å². The number of methoxy groups -OCH3 is 2. The van der Waals surface area contributed by atoms with Crippen LogP contribution in [-0.2, 0) is 20.7 Å². The average Bonchev–Trinajstić information content (AvgIpc) is 2.92. The molecule has 118 valence electrons. The summed E-state index contributed by atoms with van der Waals surface area (Å²) >= 11 is 0. The third kappa shape index (κ3) is 4.25. The van der Waals surface area contributed by atoms with E-state index in [-0.39, 0.29) is 11.6 Å². The summed E-state index contributed by atoms with van der Waals surface area (Å²) in [6.07, 6.45) is 1.26. The Morgan fingerprint density at radius 1 is 1.38 bits per heavy atom. The number of nitrogens with one attached hydrogen (secondary N) is 1. The van der Waals surface area contributed by atoms with Gasteiger partial charge < -0.3 is 14.8 Å². The molecule has 0 saturated heterocycles. The van der Waals surface area contributed by atoms with E-state index in [1.54, 1.807) is 14.0 Å². The van der Waals surface area contributed by atoms with Crippen LogP contribution in [0.1, 0.15) is 42.5 Å². The van der Waals surface area contributed by atoms with Gasteiger partial charge in [0.05, 0.1) is 19.4 Å². The molecule has 0 aliphatic heterocycles. The molecule has 1 aromatic heterocycles. The second-order valence-electron chi connectivity index (χ2n) is 4.53. The lowest BCUT2D eigenvalue weighted by Gasteiger charge is -2.14. The average molecular weight is 298 g/mol. The van der Waals surface area contributed by atoms with Gasteiger partial charge in [0.1, 0.15) is 6.04 Å². The minimum atomic E-state index is -0.575. The first-order valence-electron chi connectivity index (χ1n) is 6.85. The fourth-order valence-corrected chi connectivity index (χ4v) is 1.82. The monoisotopic (exact) mass is 298 g/mol. The Morgan fingerprint density at radius 2 is 2.10 bits per heavy atom. The summed E-state index contributed by atoms with van der Waals surface area (Å²) in [5, 5.41) is 10.5.